The third-order valence-corrected chi connectivity index (χ3v) is 4.60. The molecule has 2 heterocycles. The van der Waals surface area contributed by atoms with Gasteiger partial charge in [-0.15, -0.1) is 11.3 Å². The summed E-state index contributed by atoms with van der Waals surface area (Å²) in [5.74, 6) is 1.76. The number of halogens is 1. The van der Waals surface area contributed by atoms with E-state index in [1.807, 2.05) is 6.92 Å². The average molecular weight is 318 g/mol. The number of anilines is 2. The quantitative estimate of drug-likeness (QED) is 0.646. The molecule has 3 nitrogen and oxygen atoms in total. The van der Waals surface area contributed by atoms with Gasteiger partial charge in [0.1, 0.15) is 16.8 Å². The Balaban J connectivity index is 1.99. The first-order chi connectivity index (χ1) is 10.0. The van der Waals surface area contributed by atoms with Crippen LogP contribution in [0.1, 0.15) is 31.2 Å². The minimum atomic E-state index is 0.239. The van der Waals surface area contributed by atoms with Crippen molar-refractivity contribution in [3.05, 3.63) is 46.2 Å². The molecule has 0 saturated carbocycles. The summed E-state index contributed by atoms with van der Waals surface area (Å²) in [4.78, 5) is 8.92. The summed E-state index contributed by atoms with van der Waals surface area (Å²) in [5.41, 5.74) is 1.87. The average Bonchev–Trinajstić information content (AvgIpc) is 2.91. The minimum Gasteiger partial charge on any atom is -0.340 e. The molecule has 0 spiro atoms. The number of hydrogen-bond acceptors (Lipinski definition) is 4. The van der Waals surface area contributed by atoms with Crippen molar-refractivity contribution in [3.8, 4) is 0 Å². The summed E-state index contributed by atoms with van der Waals surface area (Å²) in [7, 11) is 0. The molecule has 0 bridgehead atoms. The van der Waals surface area contributed by atoms with Crippen molar-refractivity contribution in [1.82, 2.24) is 9.97 Å². The van der Waals surface area contributed by atoms with Gasteiger partial charge in [0.15, 0.2) is 0 Å². The standard InChI is InChI=1S/C16H16ClN3S/c1-9(2)15-19-14(17)10(3)16(20-15)18-12-4-5-13-11(8-12)6-7-21-13/h4-9H,1-3H3,(H,18,19,20). The fraction of sp³-hybridized carbons (Fsp3) is 0.250. The smallest absolute Gasteiger partial charge is 0.138 e. The highest BCUT2D eigenvalue weighted by molar-refractivity contribution is 7.17. The Kier molecular flexibility index (Phi) is 3.83. The number of hydrogen-bond donors (Lipinski definition) is 1. The molecule has 108 valence electrons. The van der Waals surface area contributed by atoms with Gasteiger partial charge in [-0.25, -0.2) is 9.97 Å². The van der Waals surface area contributed by atoms with Crippen LogP contribution in [0.5, 0.6) is 0 Å². The molecule has 0 fully saturated rings. The summed E-state index contributed by atoms with van der Waals surface area (Å²) >= 11 is 7.96. The number of thiophene rings is 1. The molecule has 0 aliphatic heterocycles. The normalized spacial score (nSPS) is 11.3. The van der Waals surface area contributed by atoms with E-state index in [4.69, 9.17) is 11.6 Å². The zero-order valence-corrected chi connectivity index (χ0v) is 13.7. The van der Waals surface area contributed by atoms with Gasteiger partial charge in [0.2, 0.25) is 0 Å². The highest BCUT2D eigenvalue weighted by Crippen LogP contribution is 2.28. The van der Waals surface area contributed by atoms with Crippen LogP contribution in [-0.4, -0.2) is 9.97 Å². The number of nitrogens with zero attached hydrogens (tertiary/aromatic N) is 2. The molecular weight excluding hydrogens is 302 g/mol. The molecule has 3 aromatic rings. The zero-order chi connectivity index (χ0) is 15.0. The number of aromatic nitrogens is 2. The maximum Gasteiger partial charge on any atom is 0.138 e. The molecule has 0 saturated heterocycles. The summed E-state index contributed by atoms with van der Waals surface area (Å²) in [6, 6.07) is 8.41. The van der Waals surface area contributed by atoms with Gasteiger partial charge in [-0.2, -0.15) is 0 Å². The molecule has 0 unspecified atom stereocenters. The van der Waals surface area contributed by atoms with Gasteiger partial charge in [-0.1, -0.05) is 25.4 Å². The molecule has 5 heteroatoms. The summed E-state index contributed by atoms with van der Waals surface area (Å²) in [5, 5.41) is 7.19. The van der Waals surface area contributed by atoms with Crippen LogP contribution in [0.4, 0.5) is 11.5 Å². The van der Waals surface area contributed by atoms with Gasteiger partial charge in [0.25, 0.3) is 0 Å². The highest BCUT2D eigenvalue weighted by atomic mass is 35.5. The van der Waals surface area contributed by atoms with Crippen molar-refractivity contribution in [1.29, 1.82) is 0 Å². The maximum atomic E-state index is 6.22. The van der Waals surface area contributed by atoms with Crippen LogP contribution in [0, 0.1) is 6.92 Å². The Morgan fingerprint density at radius 3 is 2.76 bits per heavy atom. The maximum absolute atomic E-state index is 6.22. The summed E-state index contributed by atoms with van der Waals surface area (Å²) in [6.07, 6.45) is 0. The fourth-order valence-corrected chi connectivity index (χ4v) is 3.01. The van der Waals surface area contributed by atoms with Crippen LogP contribution in [0.2, 0.25) is 5.15 Å². The molecule has 3 rings (SSSR count). The minimum absolute atomic E-state index is 0.239. The van der Waals surface area contributed by atoms with Gasteiger partial charge in [0, 0.05) is 21.9 Å². The van der Waals surface area contributed by atoms with Gasteiger partial charge >= 0.3 is 0 Å². The Morgan fingerprint density at radius 2 is 2.00 bits per heavy atom. The molecule has 0 aliphatic rings. The van der Waals surface area contributed by atoms with Gasteiger partial charge in [-0.3, -0.25) is 0 Å². The molecule has 0 amide bonds. The number of fused-ring (bicyclic) bond motifs is 1. The third kappa shape index (κ3) is 2.87. The van der Waals surface area contributed by atoms with Crippen LogP contribution in [-0.2, 0) is 0 Å². The predicted octanol–water partition coefficient (Wildman–Crippen LogP) is 5.52. The lowest BCUT2D eigenvalue weighted by molar-refractivity contribution is 0.773. The Bertz CT molecular complexity index is 795. The molecule has 0 radical (unpaired) electrons. The van der Waals surface area contributed by atoms with E-state index in [-0.39, 0.29) is 5.92 Å². The van der Waals surface area contributed by atoms with Crippen molar-refractivity contribution < 1.29 is 0 Å². The molecule has 1 aromatic carbocycles. The highest BCUT2D eigenvalue weighted by Gasteiger charge is 2.12. The van der Waals surface area contributed by atoms with Crippen LogP contribution in [0.25, 0.3) is 10.1 Å². The van der Waals surface area contributed by atoms with Crippen LogP contribution in [0.3, 0.4) is 0 Å². The van der Waals surface area contributed by atoms with E-state index in [1.165, 1.54) is 10.1 Å². The summed E-state index contributed by atoms with van der Waals surface area (Å²) < 4.78 is 1.28. The second-order valence-corrected chi connectivity index (χ2v) is 6.60. The van der Waals surface area contributed by atoms with Crippen molar-refractivity contribution in [3.63, 3.8) is 0 Å². The van der Waals surface area contributed by atoms with E-state index in [1.54, 1.807) is 11.3 Å². The predicted molar refractivity (Wildman–Crippen MR) is 91.0 cm³/mol. The van der Waals surface area contributed by atoms with Crippen molar-refractivity contribution >= 4 is 44.5 Å². The van der Waals surface area contributed by atoms with E-state index in [0.29, 0.717) is 5.15 Å². The number of rotatable bonds is 3. The molecule has 2 aromatic heterocycles. The first-order valence-corrected chi connectivity index (χ1v) is 8.08. The van der Waals surface area contributed by atoms with Crippen molar-refractivity contribution in [2.24, 2.45) is 0 Å². The zero-order valence-electron chi connectivity index (χ0n) is 12.1. The second kappa shape index (κ2) is 5.62. The van der Waals surface area contributed by atoms with E-state index >= 15 is 0 Å². The lowest BCUT2D eigenvalue weighted by Crippen LogP contribution is -2.05. The first-order valence-electron chi connectivity index (χ1n) is 6.83. The van der Waals surface area contributed by atoms with Crippen LogP contribution in [0.15, 0.2) is 29.6 Å². The monoisotopic (exact) mass is 317 g/mol. The van der Waals surface area contributed by atoms with Crippen molar-refractivity contribution in [2.75, 3.05) is 5.32 Å². The molecular formula is C16H16ClN3S. The third-order valence-electron chi connectivity index (χ3n) is 3.34. The van der Waals surface area contributed by atoms with E-state index in [9.17, 15) is 0 Å². The second-order valence-electron chi connectivity index (χ2n) is 5.30. The Labute approximate surface area is 133 Å². The van der Waals surface area contributed by atoms with Crippen molar-refractivity contribution in [2.45, 2.75) is 26.7 Å². The van der Waals surface area contributed by atoms with E-state index < -0.39 is 0 Å². The fourth-order valence-electron chi connectivity index (χ4n) is 2.07. The molecule has 1 N–H and O–H groups in total. The van der Waals surface area contributed by atoms with Gasteiger partial charge < -0.3 is 5.32 Å². The molecule has 0 aliphatic carbocycles. The largest absolute Gasteiger partial charge is 0.340 e. The Morgan fingerprint density at radius 1 is 1.19 bits per heavy atom. The Hall–Kier alpha value is -1.65. The number of benzene rings is 1. The van der Waals surface area contributed by atoms with Gasteiger partial charge in [0.05, 0.1) is 0 Å². The topological polar surface area (TPSA) is 37.8 Å². The lowest BCUT2D eigenvalue weighted by Gasteiger charge is -2.13. The molecule has 0 atom stereocenters. The van der Waals surface area contributed by atoms with Crippen LogP contribution < -0.4 is 5.32 Å². The molecule has 21 heavy (non-hydrogen) atoms. The SMILES string of the molecule is Cc1c(Cl)nc(C(C)C)nc1Nc1ccc2sccc2c1. The van der Waals surface area contributed by atoms with Crippen LogP contribution >= 0.6 is 22.9 Å². The first kappa shape index (κ1) is 14.3. The van der Waals surface area contributed by atoms with E-state index in [2.05, 4.69) is 58.8 Å². The summed E-state index contributed by atoms with van der Waals surface area (Å²) in [6.45, 7) is 6.04. The van der Waals surface area contributed by atoms with Gasteiger partial charge in [-0.05, 0) is 42.0 Å². The van der Waals surface area contributed by atoms with E-state index in [0.717, 1.165) is 22.9 Å². The number of nitrogens with one attached hydrogen (secondary N) is 1. The lowest BCUT2D eigenvalue weighted by atomic mass is 10.2.